The third-order valence-electron chi connectivity index (χ3n) is 2.26. The van der Waals surface area contributed by atoms with Crippen molar-refractivity contribution in [1.29, 1.82) is 5.26 Å². The maximum absolute atomic E-state index is 8.62. The van der Waals surface area contributed by atoms with E-state index in [9.17, 15) is 0 Å². The second-order valence-electron chi connectivity index (χ2n) is 3.46. The number of nitrogens with zero attached hydrogens (tertiary/aromatic N) is 2. The fraction of sp³-hybridized carbons (Fsp3) is 0.167. The fourth-order valence-electron chi connectivity index (χ4n) is 1.45. The van der Waals surface area contributed by atoms with E-state index >= 15 is 0 Å². The maximum atomic E-state index is 8.62. The molecule has 0 spiro atoms. The predicted molar refractivity (Wildman–Crippen MR) is 56.1 cm³/mol. The molecule has 0 saturated heterocycles. The van der Waals surface area contributed by atoms with Crippen molar-refractivity contribution >= 4 is 0 Å². The minimum Gasteiger partial charge on any atom is -0.428 e. The third kappa shape index (κ3) is 1.75. The van der Waals surface area contributed by atoms with Gasteiger partial charge in [-0.3, -0.25) is 0 Å². The van der Waals surface area contributed by atoms with Gasteiger partial charge in [0.15, 0.2) is 11.8 Å². The van der Waals surface area contributed by atoms with Crippen LogP contribution in [0, 0.1) is 25.2 Å². The number of nitriles is 1. The van der Waals surface area contributed by atoms with Crippen molar-refractivity contribution in [2.45, 2.75) is 13.8 Å². The molecule has 3 heteroatoms. The minimum absolute atomic E-state index is 0.103. The topological polar surface area (TPSA) is 49.8 Å². The molecule has 2 aromatic rings. The lowest BCUT2D eigenvalue weighted by Gasteiger charge is -2.02. The lowest BCUT2D eigenvalue weighted by Crippen LogP contribution is -1.82. The molecule has 0 aliphatic rings. The molecule has 0 radical (unpaired) electrons. The SMILES string of the molecule is Cc1ccc(C)c(-c2cnc(C#N)o2)c1. The van der Waals surface area contributed by atoms with Crippen LogP contribution in [0.1, 0.15) is 17.0 Å². The van der Waals surface area contributed by atoms with E-state index in [0.29, 0.717) is 5.76 Å². The molecule has 0 atom stereocenters. The fourth-order valence-corrected chi connectivity index (χ4v) is 1.45. The molecule has 0 unspecified atom stereocenters. The van der Waals surface area contributed by atoms with E-state index < -0.39 is 0 Å². The van der Waals surface area contributed by atoms with E-state index in [1.165, 1.54) is 0 Å². The first-order valence-corrected chi connectivity index (χ1v) is 4.64. The van der Waals surface area contributed by atoms with Crippen LogP contribution in [-0.2, 0) is 0 Å². The highest BCUT2D eigenvalue weighted by molar-refractivity contribution is 5.62. The first-order valence-electron chi connectivity index (χ1n) is 4.64. The number of rotatable bonds is 1. The smallest absolute Gasteiger partial charge is 0.301 e. The van der Waals surface area contributed by atoms with Crippen LogP contribution in [-0.4, -0.2) is 4.98 Å². The molecule has 1 aromatic carbocycles. The Morgan fingerprint density at radius 3 is 2.80 bits per heavy atom. The lowest BCUT2D eigenvalue weighted by molar-refractivity contribution is 0.555. The Morgan fingerprint density at radius 2 is 2.13 bits per heavy atom. The third-order valence-corrected chi connectivity index (χ3v) is 2.26. The Labute approximate surface area is 88.0 Å². The summed E-state index contributed by atoms with van der Waals surface area (Å²) in [5, 5.41) is 8.62. The molecule has 1 heterocycles. The second-order valence-corrected chi connectivity index (χ2v) is 3.46. The minimum atomic E-state index is 0.103. The molecule has 0 fully saturated rings. The molecule has 0 amide bonds. The van der Waals surface area contributed by atoms with Gasteiger partial charge < -0.3 is 4.42 Å². The van der Waals surface area contributed by atoms with Gasteiger partial charge in [-0.2, -0.15) is 5.26 Å². The van der Waals surface area contributed by atoms with Crippen molar-refractivity contribution in [3.05, 3.63) is 41.4 Å². The molecule has 0 saturated carbocycles. The number of oxazole rings is 1. The van der Waals surface area contributed by atoms with Gasteiger partial charge >= 0.3 is 5.89 Å². The van der Waals surface area contributed by atoms with E-state index in [1.54, 1.807) is 6.20 Å². The Kier molecular flexibility index (Phi) is 2.26. The quantitative estimate of drug-likeness (QED) is 0.707. The van der Waals surface area contributed by atoms with Crippen LogP contribution in [0.3, 0.4) is 0 Å². The van der Waals surface area contributed by atoms with Crippen LogP contribution in [0.5, 0.6) is 0 Å². The highest BCUT2D eigenvalue weighted by Crippen LogP contribution is 2.24. The predicted octanol–water partition coefficient (Wildman–Crippen LogP) is 2.83. The molecule has 0 aliphatic heterocycles. The summed E-state index contributed by atoms with van der Waals surface area (Å²) in [6.07, 6.45) is 1.58. The average molecular weight is 198 g/mol. The first kappa shape index (κ1) is 9.47. The molecule has 74 valence electrons. The molecule has 0 bridgehead atoms. The largest absolute Gasteiger partial charge is 0.428 e. The summed E-state index contributed by atoms with van der Waals surface area (Å²) < 4.78 is 5.28. The van der Waals surface area contributed by atoms with Crippen molar-refractivity contribution < 1.29 is 4.42 Å². The highest BCUT2D eigenvalue weighted by atomic mass is 16.4. The van der Waals surface area contributed by atoms with Gasteiger partial charge in [0.05, 0.1) is 6.20 Å². The highest BCUT2D eigenvalue weighted by Gasteiger charge is 2.08. The Balaban J connectivity index is 2.54. The van der Waals surface area contributed by atoms with Gasteiger partial charge in [0.25, 0.3) is 0 Å². The Hall–Kier alpha value is -2.08. The number of hydrogen-bond donors (Lipinski definition) is 0. The van der Waals surface area contributed by atoms with Gasteiger partial charge in [0.1, 0.15) is 0 Å². The van der Waals surface area contributed by atoms with Crippen LogP contribution >= 0.6 is 0 Å². The van der Waals surface area contributed by atoms with E-state index in [4.69, 9.17) is 9.68 Å². The van der Waals surface area contributed by atoms with Gasteiger partial charge in [0, 0.05) is 5.56 Å². The number of hydrogen-bond acceptors (Lipinski definition) is 3. The van der Waals surface area contributed by atoms with Crippen molar-refractivity contribution in [3.63, 3.8) is 0 Å². The maximum Gasteiger partial charge on any atom is 0.301 e. The summed E-state index contributed by atoms with van der Waals surface area (Å²) in [7, 11) is 0. The van der Waals surface area contributed by atoms with Gasteiger partial charge in [-0.15, -0.1) is 0 Å². The van der Waals surface area contributed by atoms with Crippen LogP contribution < -0.4 is 0 Å². The summed E-state index contributed by atoms with van der Waals surface area (Å²) in [5.41, 5.74) is 3.26. The van der Waals surface area contributed by atoms with E-state index in [0.717, 1.165) is 16.7 Å². The number of benzene rings is 1. The summed E-state index contributed by atoms with van der Waals surface area (Å²) in [5.74, 6) is 0.749. The first-order chi connectivity index (χ1) is 7.20. The van der Waals surface area contributed by atoms with Crippen molar-refractivity contribution in [2.24, 2.45) is 0 Å². The zero-order valence-electron chi connectivity index (χ0n) is 8.61. The number of aryl methyl sites for hydroxylation is 2. The molecule has 0 aliphatic carbocycles. The summed E-state index contributed by atoms with van der Waals surface area (Å²) in [6.45, 7) is 4.02. The van der Waals surface area contributed by atoms with E-state index in [2.05, 4.69) is 4.98 Å². The average Bonchev–Trinajstić information content (AvgIpc) is 2.70. The van der Waals surface area contributed by atoms with Crippen molar-refractivity contribution in [1.82, 2.24) is 4.98 Å². The monoisotopic (exact) mass is 198 g/mol. The van der Waals surface area contributed by atoms with Gasteiger partial charge in [-0.25, -0.2) is 4.98 Å². The Bertz CT molecular complexity index is 535. The van der Waals surface area contributed by atoms with E-state index in [-0.39, 0.29) is 5.89 Å². The van der Waals surface area contributed by atoms with Crippen LogP contribution in [0.4, 0.5) is 0 Å². The van der Waals surface area contributed by atoms with Crippen molar-refractivity contribution in [2.75, 3.05) is 0 Å². The molecular formula is C12H10N2O. The Morgan fingerprint density at radius 1 is 1.33 bits per heavy atom. The second kappa shape index (κ2) is 3.58. The van der Waals surface area contributed by atoms with E-state index in [1.807, 2.05) is 38.1 Å². The molecule has 0 N–H and O–H groups in total. The summed E-state index contributed by atoms with van der Waals surface area (Å²) in [6, 6.07) is 7.97. The zero-order chi connectivity index (χ0) is 10.8. The summed E-state index contributed by atoms with van der Waals surface area (Å²) in [4.78, 5) is 3.85. The van der Waals surface area contributed by atoms with Gasteiger partial charge in [-0.05, 0) is 25.5 Å². The molecule has 1 aromatic heterocycles. The number of aromatic nitrogens is 1. The zero-order valence-corrected chi connectivity index (χ0v) is 8.61. The normalized spacial score (nSPS) is 9.93. The van der Waals surface area contributed by atoms with Crippen molar-refractivity contribution in [3.8, 4) is 17.4 Å². The molecular weight excluding hydrogens is 188 g/mol. The van der Waals surface area contributed by atoms with Crippen LogP contribution in [0.25, 0.3) is 11.3 Å². The lowest BCUT2D eigenvalue weighted by atomic mass is 10.0. The van der Waals surface area contributed by atoms with Crippen LogP contribution in [0.15, 0.2) is 28.8 Å². The molecule has 15 heavy (non-hydrogen) atoms. The van der Waals surface area contributed by atoms with Crippen LogP contribution in [0.2, 0.25) is 0 Å². The molecule has 3 nitrogen and oxygen atoms in total. The molecule has 2 rings (SSSR count). The van der Waals surface area contributed by atoms with Gasteiger partial charge in [0.2, 0.25) is 0 Å². The standard InChI is InChI=1S/C12H10N2O/c1-8-3-4-9(2)10(5-8)11-7-14-12(6-13)15-11/h3-5,7H,1-2H3. The van der Waals surface area contributed by atoms with Gasteiger partial charge in [-0.1, -0.05) is 17.7 Å². The summed E-state index contributed by atoms with van der Waals surface area (Å²) >= 11 is 0.